The summed E-state index contributed by atoms with van der Waals surface area (Å²) in [7, 11) is 3.49. The van der Waals surface area contributed by atoms with Gasteiger partial charge in [0.15, 0.2) is 0 Å². The number of nitrogens with zero attached hydrogens (tertiary/aromatic N) is 3. The topological polar surface area (TPSA) is 75.3 Å². The van der Waals surface area contributed by atoms with E-state index in [1.807, 2.05) is 30.0 Å². The molecule has 1 N–H and O–H groups in total. The van der Waals surface area contributed by atoms with E-state index >= 15 is 0 Å². The normalized spacial score (nSPS) is 21.0. The van der Waals surface area contributed by atoms with E-state index in [2.05, 4.69) is 23.1 Å². The number of rotatable bonds is 5. The molecule has 2 aliphatic rings. The number of methoxy groups -OCH3 is 1. The van der Waals surface area contributed by atoms with Crippen LogP contribution in [-0.4, -0.2) is 54.0 Å². The van der Waals surface area contributed by atoms with E-state index in [0.717, 1.165) is 40.3 Å². The summed E-state index contributed by atoms with van der Waals surface area (Å²) < 4.78 is 5.32. The fourth-order valence-corrected chi connectivity index (χ4v) is 4.32. The molecular formula is C21H25N4O3+. The minimum atomic E-state index is -0.233. The highest BCUT2D eigenvalue weighted by atomic mass is 16.5. The van der Waals surface area contributed by atoms with Gasteiger partial charge in [0.1, 0.15) is 17.0 Å². The molecule has 3 heterocycles. The number of imidazole rings is 1. The number of carbonyl (C=O) groups excluding carboxylic acids is 2. The minimum absolute atomic E-state index is 0.0380. The Morgan fingerprint density at radius 2 is 2.14 bits per heavy atom. The van der Waals surface area contributed by atoms with E-state index in [1.165, 1.54) is 7.11 Å². The highest BCUT2D eigenvalue weighted by Gasteiger charge is 2.48. The zero-order chi connectivity index (χ0) is 19.9. The minimum Gasteiger partial charge on any atom is -0.469 e. The molecule has 0 aliphatic carbocycles. The van der Waals surface area contributed by atoms with Gasteiger partial charge in [-0.25, -0.2) is 4.98 Å². The lowest BCUT2D eigenvalue weighted by atomic mass is 10.00. The van der Waals surface area contributed by atoms with Crippen molar-refractivity contribution in [2.24, 2.45) is 0 Å². The molecule has 7 heteroatoms. The summed E-state index contributed by atoms with van der Waals surface area (Å²) >= 11 is 0. The van der Waals surface area contributed by atoms with Crippen LogP contribution in [0.25, 0.3) is 5.57 Å². The van der Waals surface area contributed by atoms with Crippen LogP contribution in [0.15, 0.2) is 36.3 Å². The molecule has 1 aromatic heterocycles. The first kappa shape index (κ1) is 18.4. The number of hydrogen-bond acceptors (Lipinski definition) is 4. The second kappa shape index (κ2) is 6.91. The third-order valence-corrected chi connectivity index (χ3v) is 5.97. The van der Waals surface area contributed by atoms with Gasteiger partial charge >= 0.3 is 5.97 Å². The van der Waals surface area contributed by atoms with Crippen LogP contribution in [-0.2, 0) is 20.9 Å². The molecule has 4 rings (SSSR count). The van der Waals surface area contributed by atoms with Crippen LogP contribution in [0, 0.1) is 6.92 Å². The van der Waals surface area contributed by atoms with E-state index in [-0.39, 0.29) is 11.9 Å². The number of para-hydroxylation sites is 1. The monoisotopic (exact) mass is 381 g/mol. The summed E-state index contributed by atoms with van der Waals surface area (Å²) in [6, 6.07) is 8.01. The number of ether oxygens (including phenoxy) is 1. The van der Waals surface area contributed by atoms with Crippen molar-refractivity contribution in [3.63, 3.8) is 0 Å². The fourth-order valence-electron chi connectivity index (χ4n) is 4.32. The lowest BCUT2D eigenvalue weighted by Crippen LogP contribution is -2.47. The van der Waals surface area contributed by atoms with Gasteiger partial charge in [-0.15, -0.1) is 0 Å². The molecule has 1 amide bonds. The number of esters is 1. The molecule has 0 spiro atoms. The van der Waals surface area contributed by atoms with Crippen molar-refractivity contribution in [3.8, 4) is 0 Å². The number of fused-ring (bicyclic) bond motifs is 2. The summed E-state index contributed by atoms with van der Waals surface area (Å²) in [6.07, 6.45) is 2.74. The van der Waals surface area contributed by atoms with Gasteiger partial charge in [0.05, 0.1) is 51.3 Å². The largest absolute Gasteiger partial charge is 0.469 e. The van der Waals surface area contributed by atoms with Gasteiger partial charge in [-0.1, -0.05) is 12.1 Å². The summed E-state index contributed by atoms with van der Waals surface area (Å²) in [5, 5.41) is 0. The smallest absolute Gasteiger partial charge is 0.311 e. The number of aromatic nitrogens is 2. The number of nitrogens with one attached hydrogen (secondary N) is 1. The Balaban J connectivity index is 1.70. The van der Waals surface area contributed by atoms with E-state index < -0.39 is 0 Å². The number of benzene rings is 1. The first-order valence-electron chi connectivity index (χ1n) is 9.50. The molecule has 0 radical (unpaired) electrons. The van der Waals surface area contributed by atoms with Gasteiger partial charge in [-0.05, 0) is 13.0 Å². The number of H-pyrrole nitrogens is 1. The number of aryl methyl sites for hydroxylation is 1. The molecule has 7 nitrogen and oxygen atoms in total. The van der Waals surface area contributed by atoms with Crippen molar-refractivity contribution in [1.82, 2.24) is 19.4 Å². The van der Waals surface area contributed by atoms with Crippen molar-refractivity contribution < 1.29 is 14.3 Å². The van der Waals surface area contributed by atoms with Crippen molar-refractivity contribution in [2.75, 3.05) is 27.2 Å². The van der Waals surface area contributed by atoms with Crippen LogP contribution in [0.5, 0.6) is 0 Å². The lowest BCUT2D eigenvalue weighted by molar-refractivity contribution is -0.140. The molecule has 1 aromatic carbocycles. The summed E-state index contributed by atoms with van der Waals surface area (Å²) in [6.45, 7) is 3.68. The number of carbonyl (C=O) groups is 2. The third-order valence-electron chi connectivity index (χ3n) is 5.97. The number of amides is 1. The maximum absolute atomic E-state index is 13.4. The second-order valence-electron chi connectivity index (χ2n) is 7.53. The molecule has 2 aromatic rings. The molecule has 2 aliphatic heterocycles. The van der Waals surface area contributed by atoms with Gasteiger partial charge in [0.2, 0.25) is 0 Å². The number of quaternary nitrogens is 1. The molecular weight excluding hydrogens is 356 g/mol. The van der Waals surface area contributed by atoms with Crippen LogP contribution in [0.1, 0.15) is 29.8 Å². The zero-order valence-electron chi connectivity index (χ0n) is 16.5. The standard InChI is InChI=1S/C21H25N4O3/c1-14-16(23-13-22-14)12-24-10-8-18-20(21(24)27)15-6-4-5-7-17(15)25(18,2)11-9-19(26)28-3/h4-7,13H,8-12H2,1-3H3,(H,22,23)/q+1. The van der Waals surface area contributed by atoms with Crippen LogP contribution in [0.3, 0.4) is 0 Å². The molecule has 0 fully saturated rings. The predicted molar refractivity (Wildman–Crippen MR) is 106 cm³/mol. The highest BCUT2D eigenvalue weighted by molar-refractivity contribution is 6.24. The molecule has 0 saturated heterocycles. The predicted octanol–water partition coefficient (Wildman–Crippen LogP) is 2.38. The summed E-state index contributed by atoms with van der Waals surface area (Å²) in [5.41, 5.74) is 5.79. The Bertz CT molecular complexity index is 978. The first-order chi connectivity index (χ1) is 13.5. The second-order valence-corrected chi connectivity index (χ2v) is 7.53. The average molecular weight is 381 g/mol. The third kappa shape index (κ3) is 2.82. The summed E-state index contributed by atoms with van der Waals surface area (Å²) in [4.78, 5) is 34.5. The number of hydrogen-bond donors (Lipinski definition) is 1. The molecule has 1 atom stereocenters. The van der Waals surface area contributed by atoms with Crippen LogP contribution < -0.4 is 4.48 Å². The molecule has 28 heavy (non-hydrogen) atoms. The fraction of sp³-hybridized carbons (Fsp3) is 0.381. The molecule has 0 saturated carbocycles. The molecule has 1 unspecified atom stereocenters. The van der Waals surface area contributed by atoms with Crippen LogP contribution in [0.2, 0.25) is 0 Å². The van der Waals surface area contributed by atoms with Crippen molar-refractivity contribution in [2.45, 2.75) is 26.3 Å². The number of aromatic amines is 1. The average Bonchev–Trinajstić information content (AvgIpc) is 3.22. The van der Waals surface area contributed by atoms with E-state index in [4.69, 9.17) is 4.74 Å². The summed E-state index contributed by atoms with van der Waals surface area (Å²) in [5.74, 6) is -0.195. The van der Waals surface area contributed by atoms with E-state index in [0.29, 0.717) is 30.5 Å². The maximum Gasteiger partial charge on any atom is 0.311 e. The van der Waals surface area contributed by atoms with E-state index in [9.17, 15) is 9.59 Å². The highest BCUT2D eigenvalue weighted by Crippen LogP contribution is 2.48. The molecule has 146 valence electrons. The van der Waals surface area contributed by atoms with Crippen LogP contribution >= 0.6 is 0 Å². The van der Waals surface area contributed by atoms with Crippen molar-refractivity contribution >= 4 is 23.1 Å². The van der Waals surface area contributed by atoms with E-state index in [1.54, 1.807) is 6.33 Å². The maximum atomic E-state index is 13.4. The Kier molecular flexibility index (Phi) is 4.55. The van der Waals surface area contributed by atoms with Gasteiger partial charge in [0, 0.05) is 24.7 Å². The van der Waals surface area contributed by atoms with Gasteiger partial charge in [0.25, 0.3) is 5.91 Å². The Labute approximate surface area is 164 Å². The van der Waals surface area contributed by atoms with Crippen molar-refractivity contribution in [3.05, 3.63) is 53.2 Å². The molecule has 0 bridgehead atoms. The van der Waals surface area contributed by atoms with Crippen LogP contribution in [0.4, 0.5) is 5.69 Å². The van der Waals surface area contributed by atoms with Crippen molar-refractivity contribution in [1.29, 1.82) is 0 Å². The quantitative estimate of drug-likeness (QED) is 0.637. The lowest BCUT2D eigenvalue weighted by Gasteiger charge is -2.35. The zero-order valence-corrected chi connectivity index (χ0v) is 16.5. The SMILES string of the molecule is COC(=O)CC[N+]1(C)C2=C(C(=O)N(Cc3nc[nH]c3C)CC2)c2ccccc21. The van der Waals surface area contributed by atoms with Gasteiger partial charge in [-0.3, -0.25) is 14.1 Å². The first-order valence-corrected chi connectivity index (χ1v) is 9.50. The Morgan fingerprint density at radius 1 is 1.36 bits per heavy atom. The Morgan fingerprint density at radius 3 is 2.86 bits per heavy atom. The Hall–Kier alpha value is -2.93. The van der Waals surface area contributed by atoms with Gasteiger partial charge < -0.3 is 14.6 Å². The van der Waals surface area contributed by atoms with Gasteiger partial charge in [-0.2, -0.15) is 0 Å².